The molecule has 20 heavy (non-hydrogen) atoms. The lowest BCUT2D eigenvalue weighted by molar-refractivity contribution is 0.301. The minimum atomic E-state index is 0.0861. The third kappa shape index (κ3) is 5.51. The SMILES string of the molecule is CCCCCCCCOc1cc(C)ccc1C(N)=NO. The average Bonchev–Trinajstić information content (AvgIpc) is 2.45. The van der Waals surface area contributed by atoms with E-state index in [-0.39, 0.29) is 5.84 Å². The zero-order valence-electron chi connectivity index (χ0n) is 12.6. The fourth-order valence-corrected chi connectivity index (χ4v) is 2.08. The second kappa shape index (κ2) is 9.23. The van der Waals surface area contributed by atoms with E-state index in [4.69, 9.17) is 15.7 Å². The largest absolute Gasteiger partial charge is 0.493 e. The van der Waals surface area contributed by atoms with Crippen molar-refractivity contribution in [2.24, 2.45) is 10.9 Å². The Balaban J connectivity index is 2.44. The molecule has 112 valence electrons. The van der Waals surface area contributed by atoms with Crippen molar-refractivity contribution in [3.05, 3.63) is 29.3 Å². The number of hydrogen-bond donors (Lipinski definition) is 2. The predicted molar refractivity (Wildman–Crippen MR) is 82.6 cm³/mol. The van der Waals surface area contributed by atoms with Gasteiger partial charge in [-0.05, 0) is 31.0 Å². The highest BCUT2D eigenvalue weighted by atomic mass is 16.5. The van der Waals surface area contributed by atoms with E-state index in [0.717, 1.165) is 12.0 Å². The number of amidine groups is 1. The first-order valence-corrected chi connectivity index (χ1v) is 7.40. The lowest BCUT2D eigenvalue weighted by Gasteiger charge is -2.11. The fraction of sp³-hybridized carbons (Fsp3) is 0.562. The maximum Gasteiger partial charge on any atom is 0.173 e. The van der Waals surface area contributed by atoms with Crippen molar-refractivity contribution in [2.75, 3.05) is 6.61 Å². The topological polar surface area (TPSA) is 67.8 Å². The van der Waals surface area contributed by atoms with E-state index in [1.807, 2.05) is 25.1 Å². The summed E-state index contributed by atoms with van der Waals surface area (Å²) < 4.78 is 5.78. The number of rotatable bonds is 9. The van der Waals surface area contributed by atoms with Gasteiger partial charge in [0.05, 0.1) is 12.2 Å². The number of nitrogens with zero attached hydrogens (tertiary/aromatic N) is 1. The van der Waals surface area contributed by atoms with Crippen molar-refractivity contribution in [3.8, 4) is 5.75 Å². The van der Waals surface area contributed by atoms with Crippen LogP contribution in [0.2, 0.25) is 0 Å². The summed E-state index contributed by atoms with van der Waals surface area (Å²) in [5.74, 6) is 0.775. The number of ether oxygens (including phenoxy) is 1. The highest BCUT2D eigenvalue weighted by Gasteiger charge is 2.08. The summed E-state index contributed by atoms with van der Waals surface area (Å²) in [4.78, 5) is 0. The minimum absolute atomic E-state index is 0.0861. The molecule has 0 unspecified atom stereocenters. The van der Waals surface area contributed by atoms with Gasteiger partial charge in [0, 0.05) is 0 Å². The second-order valence-corrected chi connectivity index (χ2v) is 5.10. The standard InChI is InChI=1S/C16H26N2O2/c1-3-4-5-6-7-8-11-20-15-12-13(2)9-10-14(15)16(17)18-19/h9-10,12,19H,3-8,11H2,1-2H3,(H2,17,18). The molecule has 3 N–H and O–H groups in total. The van der Waals surface area contributed by atoms with Gasteiger partial charge in [-0.25, -0.2) is 0 Å². The van der Waals surface area contributed by atoms with Gasteiger partial charge in [-0.3, -0.25) is 0 Å². The molecule has 0 saturated heterocycles. The van der Waals surface area contributed by atoms with Crippen LogP contribution in [0.4, 0.5) is 0 Å². The van der Waals surface area contributed by atoms with Crippen LogP contribution in [-0.2, 0) is 0 Å². The van der Waals surface area contributed by atoms with Crippen LogP contribution in [0.15, 0.2) is 23.4 Å². The van der Waals surface area contributed by atoms with Crippen LogP contribution in [0.3, 0.4) is 0 Å². The molecule has 0 amide bonds. The summed E-state index contributed by atoms with van der Waals surface area (Å²) in [5, 5.41) is 11.8. The monoisotopic (exact) mass is 278 g/mol. The van der Waals surface area contributed by atoms with Crippen molar-refractivity contribution < 1.29 is 9.94 Å². The highest BCUT2D eigenvalue weighted by molar-refractivity contribution is 5.99. The van der Waals surface area contributed by atoms with Crippen molar-refractivity contribution in [1.82, 2.24) is 0 Å². The highest BCUT2D eigenvalue weighted by Crippen LogP contribution is 2.20. The first-order chi connectivity index (χ1) is 9.69. The van der Waals surface area contributed by atoms with Gasteiger partial charge in [-0.2, -0.15) is 0 Å². The molecule has 0 bridgehead atoms. The summed E-state index contributed by atoms with van der Waals surface area (Å²) in [6.45, 7) is 4.88. The average molecular weight is 278 g/mol. The van der Waals surface area contributed by atoms with Crippen LogP contribution in [0.5, 0.6) is 5.75 Å². The van der Waals surface area contributed by atoms with E-state index in [1.165, 1.54) is 32.1 Å². The van der Waals surface area contributed by atoms with Crippen molar-refractivity contribution in [2.45, 2.75) is 52.4 Å². The van der Waals surface area contributed by atoms with Crippen LogP contribution < -0.4 is 10.5 Å². The molecule has 4 heteroatoms. The maximum absolute atomic E-state index is 8.78. The molecule has 0 atom stereocenters. The van der Waals surface area contributed by atoms with Crippen molar-refractivity contribution in [1.29, 1.82) is 0 Å². The second-order valence-electron chi connectivity index (χ2n) is 5.10. The predicted octanol–water partition coefficient (Wildman–Crippen LogP) is 3.83. The molecule has 0 fully saturated rings. The van der Waals surface area contributed by atoms with Crippen LogP contribution >= 0.6 is 0 Å². The van der Waals surface area contributed by atoms with E-state index in [0.29, 0.717) is 17.9 Å². The number of benzene rings is 1. The smallest absolute Gasteiger partial charge is 0.173 e. The van der Waals surface area contributed by atoms with Crippen LogP contribution in [-0.4, -0.2) is 17.6 Å². The zero-order valence-corrected chi connectivity index (χ0v) is 12.6. The summed E-state index contributed by atoms with van der Waals surface area (Å²) in [5.41, 5.74) is 7.39. The summed E-state index contributed by atoms with van der Waals surface area (Å²) in [6, 6.07) is 5.66. The number of hydrogen-bond acceptors (Lipinski definition) is 3. The molecular formula is C16H26N2O2. The molecular weight excluding hydrogens is 252 g/mol. The first kappa shape index (κ1) is 16.3. The summed E-state index contributed by atoms with van der Waals surface area (Å²) in [7, 11) is 0. The van der Waals surface area contributed by atoms with E-state index in [1.54, 1.807) is 0 Å². The molecule has 0 aliphatic heterocycles. The van der Waals surface area contributed by atoms with Gasteiger partial charge in [0.25, 0.3) is 0 Å². The van der Waals surface area contributed by atoms with E-state index in [9.17, 15) is 0 Å². The summed E-state index contributed by atoms with van der Waals surface area (Å²) >= 11 is 0. The number of oxime groups is 1. The molecule has 0 saturated carbocycles. The van der Waals surface area contributed by atoms with Crippen molar-refractivity contribution >= 4 is 5.84 Å². The Hall–Kier alpha value is -1.71. The van der Waals surface area contributed by atoms with E-state index in [2.05, 4.69) is 12.1 Å². The Morgan fingerprint density at radius 1 is 1.20 bits per heavy atom. The molecule has 1 rings (SSSR count). The van der Waals surface area contributed by atoms with Crippen LogP contribution in [0.1, 0.15) is 56.6 Å². The normalized spacial score (nSPS) is 11.6. The van der Waals surface area contributed by atoms with Crippen LogP contribution in [0, 0.1) is 6.92 Å². The molecule has 1 aromatic carbocycles. The van der Waals surface area contributed by atoms with E-state index >= 15 is 0 Å². The molecule has 0 radical (unpaired) electrons. The van der Waals surface area contributed by atoms with Gasteiger partial charge in [0.1, 0.15) is 5.75 Å². The molecule has 0 spiro atoms. The fourth-order valence-electron chi connectivity index (χ4n) is 2.08. The lowest BCUT2D eigenvalue weighted by atomic mass is 10.1. The lowest BCUT2D eigenvalue weighted by Crippen LogP contribution is -2.15. The van der Waals surface area contributed by atoms with E-state index < -0.39 is 0 Å². The van der Waals surface area contributed by atoms with Gasteiger partial charge < -0.3 is 15.7 Å². The Kier molecular flexibility index (Phi) is 7.55. The van der Waals surface area contributed by atoms with Crippen LogP contribution in [0.25, 0.3) is 0 Å². The maximum atomic E-state index is 8.78. The molecule has 0 heterocycles. The quantitative estimate of drug-likeness (QED) is 0.237. The number of nitrogens with two attached hydrogens (primary N) is 1. The molecule has 0 aliphatic carbocycles. The van der Waals surface area contributed by atoms with Gasteiger partial charge in [0.2, 0.25) is 0 Å². The third-order valence-electron chi connectivity index (χ3n) is 3.28. The van der Waals surface area contributed by atoms with Gasteiger partial charge in [-0.1, -0.05) is 50.2 Å². The molecule has 4 nitrogen and oxygen atoms in total. The zero-order chi connectivity index (χ0) is 14.8. The summed E-state index contributed by atoms with van der Waals surface area (Å²) in [6.07, 6.45) is 7.36. The Bertz CT molecular complexity index is 430. The molecule has 0 aromatic heterocycles. The Morgan fingerprint density at radius 3 is 2.60 bits per heavy atom. The van der Waals surface area contributed by atoms with Gasteiger partial charge >= 0.3 is 0 Å². The van der Waals surface area contributed by atoms with Gasteiger partial charge in [0.15, 0.2) is 5.84 Å². The minimum Gasteiger partial charge on any atom is -0.493 e. The first-order valence-electron chi connectivity index (χ1n) is 7.40. The number of aryl methyl sites for hydroxylation is 1. The molecule has 1 aromatic rings. The Labute approximate surface area is 121 Å². The van der Waals surface area contributed by atoms with Crippen molar-refractivity contribution in [3.63, 3.8) is 0 Å². The van der Waals surface area contributed by atoms with Gasteiger partial charge in [-0.15, -0.1) is 0 Å². The Morgan fingerprint density at radius 2 is 1.90 bits per heavy atom. The third-order valence-corrected chi connectivity index (χ3v) is 3.28. The molecule has 0 aliphatic rings. The number of unbranched alkanes of at least 4 members (excludes halogenated alkanes) is 5.